The van der Waals surface area contributed by atoms with Crippen molar-refractivity contribution in [3.63, 3.8) is 0 Å². The maximum Gasteiger partial charge on any atom is 0.255 e. The number of nitrogens with zero attached hydrogens (tertiary/aromatic N) is 1. The molecule has 0 atom stereocenters. The van der Waals surface area contributed by atoms with E-state index < -0.39 is 0 Å². The maximum atomic E-state index is 12.6. The molecule has 1 heterocycles. The predicted octanol–water partition coefficient (Wildman–Crippen LogP) is 6.35. The van der Waals surface area contributed by atoms with Crippen LogP contribution in [0.3, 0.4) is 0 Å². The number of nitrogens with one attached hydrogen (secondary N) is 1. The molecule has 0 saturated carbocycles. The van der Waals surface area contributed by atoms with E-state index in [2.05, 4.69) is 22.8 Å². The highest BCUT2D eigenvalue weighted by Gasteiger charge is 2.10. The number of carbonyl (C=O) groups is 1. The van der Waals surface area contributed by atoms with Crippen LogP contribution in [0.1, 0.15) is 21.5 Å². The fraction of sp³-hybridized carbons (Fsp3) is 0.0833. The molecule has 3 nitrogen and oxygen atoms in total. The number of aromatic nitrogens is 1. The summed E-state index contributed by atoms with van der Waals surface area (Å²) in [6, 6.07) is 23.9. The number of hydrogen-bond donors (Lipinski definition) is 1. The number of thiazole rings is 1. The van der Waals surface area contributed by atoms with E-state index >= 15 is 0 Å². The summed E-state index contributed by atoms with van der Waals surface area (Å²) < 4.78 is 0. The van der Waals surface area contributed by atoms with Crippen LogP contribution in [0.15, 0.2) is 78.2 Å². The zero-order chi connectivity index (χ0) is 19.5. The Bertz CT molecular complexity index is 1120. The normalized spacial score (nSPS) is 10.6. The summed E-state index contributed by atoms with van der Waals surface area (Å²) >= 11 is 1.63. The molecular weight excluding hydrogens is 364 g/mol. The molecule has 0 aliphatic heterocycles. The molecule has 1 aromatic heterocycles. The minimum Gasteiger partial charge on any atom is -0.322 e. The Balaban J connectivity index is 1.51. The van der Waals surface area contributed by atoms with Gasteiger partial charge in [-0.1, -0.05) is 60.2 Å². The van der Waals surface area contributed by atoms with Gasteiger partial charge in [0.15, 0.2) is 0 Å². The molecule has 4 heteroatoms. The average Bonchev–Trinajstić information content (AvgIpc) is 3.21. The van der Waals surface area contributed by atoms with Crippen LogP contribution in [-0.4, -0.2) is 10.9 Å². The van der Waals surface area contributed by atoms with Crippen LogP contribution in [0.4, 0.5) is 5.69 Å². The van der Waals surface area contributed by atoms with Crippen LogP contribution < -0.4 is 5.32 Å². The molecule has 0 unspecified atom stereocenters. The Morgan fingerprint density at radius 1 is 0.893 bits per heavy atom. The molecule has 0 aliphatic carbocycles. The monoisotopic (exact) mass is 384 g/mol. The summed E-state index contributed by atoms with van der Waals surface area (Å²) in [7, 11) is 0. The zero-order valence-electron chi connectivity index (χ0n) is 15.8. The quantitative estimate of drug-likeness (QED) is 0.446. The van der Waals surface area contributed by atoms with Crippen LogP contribution in [0, 0.1) is 13.8 Å². The molecule has 0 aliphatic rings. The average molecular weight is 385 g/mol. The van der Waals surface area contributed by atoms with E-state index in [9.17, 15) is 4.79 Å². The fourth-order valence-electron chi connectivity index (χ4n) is 3.02. The summed E-state index contributed by atoms with van der Waals surface area (Å²) in [6.45, 7) is 3.94. The Kier molecular flexibility index (Phi) is 5.04. The van der Waals surface area contributed by atoms with Gasteiger partial charge in [0.25, 0.3) is 5.91 Å². The minimum atomic E-state index is -0.0889. The van der Waals surface area contributed by atoms with Gasteiger partial charge in [-0.15, -0.1) is 11.3 Å². The summed E-state index contributed by atoms with van der Waals surface area (Å²) in [4.78, 5) is 17.3. The molecule has 0 radical (unpaired) electrons. The van der Waals surface area contributed by atoms with E-state index in [1.54, 1.807) is 11.3 Å². The summed E-state index contributed by atoms with van der Waals surface area (Å²) in [5.41, 5.74) is 6.61. The van der Waals surface area contributed by atoms with Crippen LogP contribution in [0.5, 0.6) is 0 Å². The van der Waals surface area contributed by atoms with E-state index in [1.165, 1.54) is 0 Å². The summed E-state index contributed by atoms with van der Waals surface area (Å²) in [5, 5.41) is 6.04. The Morgan fingerprint density at radius 2 is 1.64 bits per heavy atom. The van der Waals surface area contributed by atoms with Gasteiger partial charge in [0.2, 0.25) is 0 Å². The third-order valence-electron chi connectivity index (χ3n) is 4.60. The van der Waals surface area contributed by atoms with Crippen molar-refractivity contribution in [3.8, 4) is 21.8 Å². The summed E-state index contributed by atoms with van der Waals surface area (Å²) in [5.74, 6) is -0.0889. The van der Waals surface area contributed by atoms with Gasteiger partial charge < -0.3 is 5.32 Å². The third-order valence-corrected chi connectivity index (χ3v) is 5.49. The van der Waals surface area contributed by atoms with Gasteiger partial charge >= 0.3 is 0 Å². The van der Waals surface area contributed by atoms with E-state index in [0.717, 1.165) is 38.6 Å². The molecule has 4 aromatic rings. The van der Waals surface area contributed by atoms with Crippen molar-refractivity contribution in [1.82, 2.24) is 4.98 Å². The summed E-state index contributed by atoms with van der Waals surface area (Å²) in [6.07, 6.45) is 0. The molecule has 1 amide bonds. The van der Waals surface area contributed by atoms with E-state index in [1.807, 2.05) is 74.5 Å². The van der Waals surface area contributed by atoms with Gasteiger partial charge in [0, 0.05) is 27.8 Å². The van der Waals surface area contributed by atoms with Crippen molar-refractivity contribution < 1.29 is 4.79 Å². The van der Waals surface area contributed by atoms with Gasteiger partial charge in [-0.25, -0.2) is 4.98 Å². The largest absolute Gasteiger partial charge is 0.322 e. The zero-order valence-corrected chi connectivity index (χ0v) is 16.6. The molecule has 3 aromatic carbocycles. The number of benzene rings is 3. The third kappa shape index (κ3) is 3.87. The van der Waals surface area contributed by atoms with Gasteiger partial charge in [-0.3, -0.25) is 4.79 Å². The van der Waals surface area contributed by atoms with Gasteiger partial charge in [-0.05, 0) is 37.6 Å². The first-order chi connectivity index (χ1) is 13.6. The molecule has 28 heavy (non-hydrogen) atoms. The number of aryl methyl sites for hydroxylation is 2. The molecular formula is C24H20N2OS. The number of amides is 1. The van der Waals surface area contributed by atoms with E-state index in [0.29, 0.717) is 5.56 Å². The van der Waals surface area contributed by atoms with Crippen LogP contribution in [0.2, 0.25) is 0 Å². The van der Waals surface area contributed by atoms with Crippen molar-refractivity contribution in [3.05, 3.63) is 94.9 Å². The van der Waals surface area contributed by atoms with Gasteiger partial charge in [0.05, 0.1) is 5.69 Å². The topological polar surface area (TPSA) is 42.0 Å². The first-order valence-corrected chi connectivity index (χ1v) is 9.98. The second kappa shape index (κ2) is 7.79. The lowest BCUT2D eigenvalue weighted by atomic mass is 10.0. The van der Waals surface area contributed by atoms with Crippen molar-refractivity contribution in [2.45, 2.75) is 13.8 Å². The molecule has 0 spiro atoms. The Hall–Kier alpha value is -3.24. The molecule has 0 fully saturated rings. The maximum absolute atomic E-state index is 12.6. The number of rotatable bonds is 4. The molecule has 138 valence electrons. The SMILES string of the molecule is Cc1ccc(C)c(C(=O)Nc2ccc(-c3csc(-c4ccccc4)n3)cc2)c1. The van der Waals surface area contributed by atoms with Crippen LogP contribution in [0.25, 0.3) is 21.8 Å². The minimum absolute atomic E-state index is 0.0889. The van der Waals surface area contributed by atoms with Gasteiger partial charge in [-0.2, -0.15) is 0 Å². The number of anilines is 1. The highest BCUT2D eigenvalue weighted by atomic mass is 32.1. The highest BCUT2D eigenvalue weighted by molar-refractivity contribution is 7.13. The number of hydrogen-bond acceptors (Lipinski definition) is 3. The fourth-order valence-corrected chi connectivity index (χ4v) is 3.86. The lowest BCUT2D eigenvalue weighted by molar-refractivity contribution is 0.102. The Morgan fingerprint density at radius 3 is 2.39 bits per heavy atom. The van der Waals surface area contributed by atoms with Crippen LogP contribution in [-0.2, 0) is 0 Å². The highest BCUT2D eigenvalue weighted by Crippen LogP contribution is 2.29. The molecule has 0 saturated heterocycles. The standard InChI is InChI=1S/C24H20N2OS/c1-16-8-9-17(2)21(14-16)23(27)25-20-12-10-18(11-13-20)22-15-28-24(26-22)19-6-4-3-5-7-19/h3-15H,1-2H3,(H,25,27). The second-order valence-corrected chi connectivity index (χ2v) is 7.61. The van der Waals surface area contributed by atoms with E-state index in [-0.39, 0.29) is 5.91 Å². The smallest absolute Gasteiger partial charge is 0.255 e. The second-order valence-electron chi connectivity index (χ2n) is 6.75. The van der Waals surface area contributed by atoms with Gasteiger partial charge in [0.1, 0.15) is 5.01 Å². The number of carbonyl (C=O) groups excluding carboxylic acids is 1. The molecule has 1 N–H and O–H groups in total. The van der Waals surface area contributed by atoms with Crippen LogP contribution >= 0.6 is 11.3 Å². The van der Waals surface area contributed by atoms with Crippen molar-refractivity contribution >= 4 is 22.9 Å². The molecule has 0 bridgehead atoms. The Labute approximate surface area is 168 Å². The van der Waals surface area contributed by atoms with E-state index in [4.69, 9.17) is 4.98 Å². The van der Waals surface area contributed by atoms with Crippen molar-refractivity contribution in [1.29, 1.82) is 0 Å². The first kappa shape index (κ1) is 18.1. The lowest BCUT2D eigenvalue weighted by Crippen LogP contribution is -2.13. The van der Waals surface area contributed by atoms with Crippen molar-refractivity contribution in [2.75, 3.05) is 5.32 Å². The first-order valence-electron chi connectivity index (χ1n) is 9.10. The molecule has 4 rings (SSSR count). The predicted molar refractivity (Wildman–Crippen MR) is 117 cm³/mol. The lowest BCUT2D eigenvalue weighted by Gasteiger charge is -2.09. The van der Waals surface area contributed by atoms with Crippen molar-refractivity contribution in [2.24, 2.45) is 0 Å².